The molecule has 1 heterocycles. The van der Waals surface area contributed by atoms with E-state index in [0.717, 1.165) is 25.2 Å². The number of nitrogens with one attached hydrogen (secondary N) is 1. The van der Waals surface area contributed by atoms with E-state index in [9.17, 15) is 14.4 Å². The second-order valence-corrected chi connectivity index (χ2v) is 6.44. The van der Waals surface area contributed by atoms with Gasteiger partial charge < -0.3 is 0 Å². The first-order valence-corrected chi connectivity index (χ1v) is 7.44. The van der Waals surface area contributed by atoms with E-state index in [-0.39, 0.29) is 0 Å². The third kappa shape index (κ3) is 4.05. The minimum atomic E-state index is -1.15. The van der Waals surface area contributed by atoms with Gasteiger partial charge in [0.05, 0.1) is 0 Å². The van der Waals surface area contributed by atoms with Crippen LogP contribution in [0.1, 0.15) is 59.8 Å². The molecule has 1 saturated heterocycles. The number of carbonyl (C=O) groups excluding carboxylic acids is 3. The van der Waals surface area contributed by atoms with Crippen LogP contribution in [0.5, 0.6) is 0 Å². The van der Waals surface area contributed by atoms with E-state index in [1.54, 1.807) is 13.8 Å². The van der Waals surface area contributed by atoms with Gasteiger partial charge in [-0.2, -0.15) is 0 Å². The van der Waals surface area contributed by atoms with Crippen molar-refractivity contribution in [2.24, 2.45) is 11.3 Å². The van der Waals surface area contributed by atoms with Gasteiger partial charge in [-0.1, -0.05) is 39.5 Å². The van der Waals surface area contributed by atoms with Gasteiger partial charge in [0.1, 0.15) is 5.41 Å². The molecular formula is C15H26N2O3. The molecule has 0 atom stereocenters. The molecular weight excluding hydrogens is 256 g/mol. The van der Waals surface area contributed by atoms with Gasteiger partial charge in [-0.3, -0.25) is 19.8 Å². The lowest BCUT2D eigenvalue weighted by Gasteiger charge is -2.34. The van der Waals surface area contributed by atoms with Crippen molar-refractivity contribution in [3.63, 3.8) is 0 Å². The normalized spacial score (nSPS) is 18.6. The first-order valence-electron chi connectivity index (χ1n) is 7.44. The van der Waals surface area contributed by atoms with Crippen molar-refractivity contribution in [2.45, 2.75) is 59.8 Å². The first-order chi connectivity index (χ1) is 9.26. The molecule has 5 heteroatoms. The summed E-state index contributed by atoms with van der Waals surface area (Å²) in [5, 5.41) is 2.24. The van der Waals surface area contributed by atoms with Crippen molar-refractivity contribution >= 4 is 17.8 Å². The highest BCUT2D eigenvalue weighted by molar-refractivity contribution is 6.18. The van der Waals surface area contributed by atoms with Gasteiger partial charge in [-0.25, -0.2) is 4.79 Å². The molecule has 1 aliphatic rings. The SMILES string of the molecule is CC(C)CCCCCCN1C(=O)NC(=O)C(C)(C)C1=O. The van der Waals surface area contributed by atoms with Gasteiger partial charge >= 0.3 is 6.03 Å². The maximum atomic E-state index is 12.1. The van der Waals surface area contributed by atoms with Gasteiger partial charge in [0.15, 0.2) is 0 Å². The Morgan fingerprint density at radius 3 is 2.25 bits per heavy atom. The molecule has 0 aromatic carbocycles. The predicted molar refractivity (Wildman–Crippen MR) is 77.0 cm³/mol. The molecule has 5 nitrogen and oxygen atoms in total. The van der Waals surface area contributed by atoms with Crippen LogP contribution >= 0.6 is 0 Å². The molecule has 1 rings (SSSR count). The molecule has 1 aliphatic heterocycles. The van der Waals surface area contributed by atoms with Crippen LogP contribution in [0.4, 0.5) is 4.79 Å². The van der Waals surface area contributed by atoms with E-state index in [0.29, 0.717) is 6.54 Å². The smallest absolute Gasteiger partial charge is 0.277 e. The zero-order valence-corrected chi connectivity index (χ0v) is 13.0. The van der Waals surface area contributed by atoms with E-state index in [1.165, 1.54) is 17.7 Å². The fourth-order valence-electron chi connectivity index (χ4n) is 2.23. The fourth-order valence-corrected chi connectivity index (χ4v) is 2.23. The van der Waals surface area contributed by atoms with E-state index >= 15 is 0 Å². The Balaban J connectivity index is 2.37. The van der Waals surface area contributed by atoms with E-state index in [2.05, 4.69) is 19.2 Å². The molecule has 0 aromatic rings. The molecule has 0 bridgehead atoms. The van der Waals surface area contributed by atoms with Crippen LogP contribution in [-0.4, -0.2) is 29.3 Å². The van der Waals surface area contributed by atoms with Crippen molar-refractivity contribution in [2.75, 3.05) is 6.54 Å². The third-order valence-electron chi connectivity index (χ3n) is 3.73. The summed E-state index contributed by atoms with van der Waals surface area (Å²) in [7, 11) is 0. The van der Waals surface area contributed by atoms with E-state index in [4.69, 9.17) is 0 Å². The molecule has 114 valence electrons. The number of unbranched alkanes of at least 4 members (excludes halogenated alkanes) is 3. The molecule has 0 radical (unpaired) electrons. The van der Waals surface area contributed by atoms with Crippen LogP contribution in [0.2, 0.25) is 0 Å². The summed E-state index contributed by atoms with van der Waals surface area (Å²) in [6.45, 7) is 7.90. The second-order valence-electron chi connectivity index (χ2n) is 6.44. The van der Waals surface area contributed by atoms with Crippen molar-refractivity contribution in [3.8, 4) is 0 Å². The highest BCUT2D eigenvalue weighted by Gasteiger charge is 2.46. The molecule has 20 heavy (non-hydrogen) atoms. The fraction of sp³-hybridized carbons (Fsp3) is 0.800. The molecule has 0 aromatic heterocycles. The number of hydrogen-bond donors (Lipinski definition) is 1. The maximum absolute atomic E-state index is 12.1. The molecule has 4 amide bonds. The predicted octanol–water partition coefficient (Wildman–Crippen LogP) is 2.70. The van der Waals surface area contributed by atoms with Crippen LogP contribution in [0.15, 0.2) is 0 Å². The Kier molecular flexibility index (Phi) is 5.72. The summed E-state index contributed by atoms with van der Waals surface area (Å²) in [4.78, 5) is 36.6. The zero-order valence-electron chi connectivity index (χ0n) is 13.0. The summed E-state index contributed by atoms with van der Waals surface area (Å²) >= 11 is 0. The number of urea groups is 1. The summed E-state index contributed by atoms with van der Waals surface area (Å²) < 4.78 is 0. The van der Waals surface area contributed by atoms with Crippen LogP contribution in [0, 0.1) is 11.3 Å². The lowest BCUT2D eigenvalue weighted by molar-refractivity contribution is -0.149. The molecule has 0 aliphatic carbocycles. The van der Waals surface area contributed by atoms with E-state index in [1.807, 2.05) is 0 Å². The number of rotatable bonds is 7. The van der Waals surface area contributed by atoms with Crippen LogP contribution < -0.4 is 5.32 Å². The number of hydrogen-bond acceptors (Lipinski definition) is 3. The van der Waals surface area contributed by atoms with Crippen molar-refractivity contribution in [1.82, 2.24) is 10.2 Å². The van der Waals surface area contributed by atoms with Crippen LogP contribution in [-0.2, 0) is 9.59 Å². The van der Waals surface area contributed by atoms with Crippen molar-refractivity contribution < 1.29 is 14.4 Å². The zero-order chi connectivity index (χ0) is 15.3. The minimum Gasteiger partial charge on any atom is -0.277 e. The summed E-state index contributed by atoms with van der Waals surface area (Å²) in [6.07, 6.45) is 5.30. The second kappa shape index (κ2) is 6.86. The maximum Gasteiger partial charge on any atom is 0.330 e. The highest BCUT2D eigenvalue weighted by atomic mass is 16.2. The standard InChI is InChI=1S/C15H26N2O3/c1-11(2)9-7-5-6-8-10-17-13(19)15(3,4)12(18)16-14(17)20/h11H,5-10H2,1-4H3,(H,16,18,20). The minimum absolute atomic E-state index is 0.392. The molecule has 1 N–H and O–H groups in total. The lowest BCUT2D eigenvalue weighted by Crippen LogP contribution is -2.61. The van der Waals surface area contributed by atoms with Crippen LogP contribution in [0.3, 0.4) is 0 Å². The summed E-state index contributed by atoms with van der Waals surface area (Å²) in [6, 6.07) is -0.582. The van der Waals surface area contributed by atoms with Gasteiger partial charge in [-0.05, 0) is 26.2 Å². The largest absolute Gasteiger partial charge is 0.330 e. The number of amides is 4. The van der Waals surface area contributed by atoms with Gasteiger partial charge in [-0.15, -0.1) is 0 Å². The number of imide groups is 2. The monoisotopic (exact) mass is 282 g/mol. The summed E-state index contributed by atoms with van der Waals surface area (Å²) in [5.74, 6) is -0.189. The third-order valence-corrected chi connectivity index (χ3v) is 3.73. The Morgan fingerprint density at radius 1 is 1.05 bits per heavy atom. The average Bonchev–Trinajstić information content (AvgIpc) is 2.35. The number of carbonyl (C=O) groups is 3. The number of barbiturate groups is 1. The molecule has 0 unspecified atom stereocenters. The quantitative estimate of drug-likeness (QED) is 0.576. The van der Waals surface area contributed by atoms with E-state index < -0.39 is 23.3 Å². The lowest BCUT2D eigenvalue weighted by atomic mass is 9.88. The Bertz CT molecular complexity index is 389. The summed E-state index contributed by atoms with van der Waals surface area (Å²) in [5.41, 5.74) is -1.15. The number of nitrogens with zero attached hydrogens (tertiary/aromatic N) is 1. The molecule has 0 saturated carbocycles. The topological polar surface area (TPSA) is 66.5 Å². The van der Waals surface area contributed by atoms with Gasteiger partial charge in [0, 0.05) is 6.54 Å². The van der Waals surface area contributed by atoms with Gasteiger partial charge in [0.2, 0.25) is 11.8 Å². The molecule has 0 spiro atoms. The first kappa shape index (κ1) is 16.7. The van der Waals surface area contributed by atoms with Gasteiger partial charge in [0.25, 0.3) is 0 Å². The Labute approximate surface area is 121 Å². The van der Waals surface area contributed by atoms with Crippen LogP contribution in [0.25, 0.3) is 0 Å². The Hall–Kier alpha value is -1.39. The highest BCUT2D eigenvalue weighted by Crippen LogP contribution is 2.23. The van der Waals surface area contributed by atoms with Crippen molar-refractivity contribution in [1.29, 1.82) is 0 Å². The molecule has 1 fully saturated rings. The Morgan fingerprint density at radius 2 is 1.65 bits per heavy atom. The van der Waals surface area contributed by atoms with Crippen molar-refractivity contribution in [3.05, 3.63) is 0 Å². The average molecular weight is 282 g/mol.